The quantitative estimate of drug-likeness (QED) is 0.254. The zero-order valence-electron chi connectivity index (χ0n) is 18.7. The van der Waals surface area contributed by atoms with E-state index in [2.05, 4.69) is 21.0 Å². The van der Waals surface area contributed by atoms with Crippen molar-refractivity contribution in [3.63, 3.8) is 0 Å². The highest BCUT2D eigenvalue weighted by atomic mass is 32.2. The Kier molecular flexibility index (Phi) is 11.9. The molecule has 0 bridgehead atoms. The number of hydrogen-bond donors (Lipinski definition) is 2. The first-order valence-electron chi connectivity index (χ1n) is 9.59. The molecule has 2 N–H and O–H groups in total. The second kappa shape index (κ2) is 13.3. The van der Waals surface area contributed by atoms with Gasteiger partial charge in [-0.1, -0.05) is 23.1 Å². The number of nitriles is 1. The maximum atomic E-state index is 11.7. The minimum absolute atomic E-state index is 0.429. The lowest BCUT2D eigenvalue weighted by molar-refractivity contribution is 0.0519. The molecule has 0 atom stereocenters. The summed E-state index contributed by atoms with van der Waals surface area (Å²) in [7, 11) is 0. The van der Waals surface area contributed by atoms with Crippen LogP contribution in [0, 0.1) is 10.7 Å². The summed E-state index contributed by atoms with van der Waals surface area (Å²) >= 11 is 5.73. The van der Waals surface area contributed by atoms with Gasteiger partial charge in [0.1, 0.15) is 16.6 Å². The Balaban J connectivity index is 2.39. The van der Waals surface area contributed by atoms with Crippen LogP contribution in [0.15, 0.2) is 8.55 Å². The molecule has 1 rings (SSSR count). The van der Waals surface area contributed by atoms with Crippen molar-refractivity contribution in [1.29, 1.82) is 5.26 Å². The molecule has 0 unspecified atom stereocenters. The van der Waals surface area contributed by atoms with Gasteiger partial charge in [-0.25, -0.2) is 14.6 Å². The SMILES string of the molecule is CC(C)(C)OC(=O)NCCSCc1nc(SCCNC(=O)OC(C)(C)C)sc1SC#N. The highest BCUT2D eigenvalue weighted by Gasteiger charge is 2.17. The number of amides is 2. The largest absolute Gasteiger partial charge is 0.444 e. The number of nitrogens with one attached hydrogen (secondary N) is 2. The maximum Gasteiger partial charge on any atom is 0.407 e. The first-order valence-corrected chi connectivity index (χ1v) is 13.4. The number of aromatic nitrogens is 1. The van der Waals surface area contributed by atoms with E-state index >= 15 is 0 Å². The van der Waals surface area contributed by atoms with Gasteiger partial charge < -0.3 is 20.1 Å². The van der Waals surface area contributed by atoms with E-state index in [1.165, 1.54) is 23.1 Å². The van der Waals surface area contributed by atoms with E-state index in [4.69, 9.17) is 14.7 Å². The molecule has 12 heteroatoms. The zero-order chi connectivity index (χ0) is 23.5. The number of nitrogens with zero attached hydrogens (tertiary/aromatic N) is 2. The molecule has 0 radical (unpaired) electrons. The fourth-order valence-electron chi connectivity index (χ4n) is 1.90. The summed E-state index contributed by atoms with van der Waals surface area (Å²) in [6.45, 7) is 11.9. The third kappa shape index (κ3) is 13.7. The van der Waals surface area contributed by atoms with Crippen molar-refractivity contribution in [2.45, 2.75) is 67.0 Å². The van der Waals surface area contributed by atoms with Gasteiger partial charge in [0, 0.05) is 42.1 Å². The van der Waals surface area contributed by atoms with Gasteiger partial charge in [-0.15, -0.1) is 0 Å². The van der Waals surface area contributed by atoms with E-state index in [1.807, 2.05) is 41.5 Å². The zero-order valence-corrected chi connectivity index (χ0v) is 22.0. The lowest BCUT2D eigenvalue weighted by atomic mass is 10.2. The van der Waals surface area contributed by atoms with E-state index in [0.717, 1.165) is 26.0 Å². The van der Waals surface area contributed by atoms with Crippen molar-refractivity contribution in [2.24, 2.45) is 0 Å². The Morgan fingerprint density at radius 1 is 1.03 bits per heavy atom. The van der Waals surface area contributed by atoms with Crippen molar-refractivity contribution < 1.29 is 19.1 Å². The molecule has 174 valence electrons. The minimum Gasteiger partial charge on any atom is -0.444 e. The number of carbonyl (C=O) groups excluding carboxylic acids is 2. The first kappa shape index (κ1) is 27.7. The monoisotopic (exact) mass is 506 g/mol. The molecule has 2 amide bonds. The molecule has 0 aliphatic heterocycles. The van der Waals surface area contributed by atoms with Crippen LogP contribution < -0.4 is 10.6 Å². The fourth-order valence-corrected chi connectivity index (χ4v) is 5.71. The van der Waals surface area contributed by atoms with E-state index in [1.54, 1.807) is 11.8 Å². The number of ether oxygens (including phenoxy) is 2. The highest BCUT2D eigenvalue weighted by Crippen LogP contribution is 2.35. The van der Waals surface area contributed by atoms with Gasteiger partial charge in [0.15, 0.2) is 4.34 Å². The number of carbonyl (C=O) groups is 2. The summed E-state index contributed by atoms with van der Waals surface area (Å²) in [6.07, 6.45) is -0.869. The molecule has 0 aliphatic carbocycles. The number of thiocyanates is 1. The number of alkyl carbamates (subject to hydrolysis) is 2. The van der Waals surface area contributed by atoms with Crippen LogP contribution in [0.3, 0.4) is 0 Å². The topological polar surface area (TPSA) is 113 Å². The van der Waals surface area contributed by atoms with Crippen LogP contribution >= 0.6 is 46.6 Å². The molecule has 0 fully saturated rings. The molecule has 0 saturated heterocycles. The Morgan fingerprint density at radius 3 is 2.10 bits per heavy atom. The second-order valence-corrected chi connectivity index (χ2v) is 12.7. The standard InChI is InChI=1S/C19H30N4O4S4/c1-18(2,3)26-15(24)21-7-9-28-11-13-14(30-12-20)31-17(23-13)29-10-8-22-16(25)27-19(4,5)6/h7-11H2,1-6H3,(H,21,24)(H,22,25). The minimum atomic E-state index is -0.523. The molecule has 0 spiro atoms. The summed E-state index contributed by atoms with van der Waals surface area (Å²) in [5.41, 5.74) is -0.177. The van der Waals surface area contributed by atoms with Crippen LogP contribution in [0.1, 0.15) is 47.2 Å². The lowest BCUT2D eigenvalue weighted by Gasteiger charge is -2.19. The molecule has 0 saturated carbocycles. The van der Waals surface area contributed by atoms with E-state index in [-0.39, 0.29) is 0 Å². The molecule has 0 aromatic carbocycles. The number of thiazole rings is 1. The predicted molar refractivity (Wildman–Crippen MR) is 129 cm³/mol. The normalized spacial score (nSPS) is 11.5. The summed E-state index contributed by atoms with van der Waals surface area (Å²) in [5, 5.41) is 16.6. The van der Waals surface area contributed by atoms with Crippen molar-refractivity contribution >= 4 is 58.8 Å². The Hall–Kier alpha value is -1.29. The van der Waals surface area contributed by atoms with Crippen LogP contribution in [0.25, 0.3) is 0 Å². The average molecular weight is 507 g/mol. The number of rotatable bonds is 10. The molecule has 1 aromatic heterocycles. The summed E-state index contributed by atoms with van der Waals surface area (Å²) < 4.78 is 12.1. The number of thioether (sulfide) groups is 3. The average Bonchev–Trinajstić information content (AvgIpc) is 2.97. The van der Waals surface area contributed by atoms with Crippen molar-refractivity contribution in [2.75, 3.05) is 24.6 Å². The molecular weight excluding hydrogens is 477 g/mol. The summed E-state index contributed by atoms with van der Waals surface area (Å²) in [6, 6.07) is 0. The van der Waals surface area contributed by atoms with E-state index in [0.29, 0.717) is 30.3 Å². The Bertz CT molecular complexity index is 766. The van der Waals surface area contributed by atoms with E-state index < -0.39 is 23.4 Å². The van der Waals surface area contributed by atoms with Gasteiger partial charge in [0.25, 0.3) is 0 Å². The third-order valence-corrected chi connectivity index (χ3v) is 6.95. The van der Waals surface area contributed by atoms with Gasteiger partial charge in [-0.05, 0) is 41.5 Å². The first-order chi connectivity index (χ1) is 14.4. The summed E-state index contributed by atoms with van der Waals surface area (Å²) in [5.74, 6) is 2.00. The van der Waals surface area contributed by atoms with Crippen LogP contribution in [0.2, 0.25) is 0 Å². The molecule has 1 heterocycles. The number of hydrogen-bond acceptors (Lipinski definition) is 10. The van der Waals surface area contributed by atoms with Crippen molar-refractivity contribution in [3.8, 4) is 5.40 Å². The second-order valence-electron chi connectivity index (χ2n) is 8.17. The molecular formula is C19H30N4O4S4. The van der Waals surface area contributed by atoms with Gasteiger partial charge >= 0.3 is 12.2 Å². The van der Waals surface area contributed by atoms with Gasteiger partial charge in [0.2, 0.25) is 0 Å². The van der Waals surface area contributed by atoms with Gasteiger partial charge in [-0.2, -0.15) is 17.0 Å². The van der Waals surface area contributed by atoms with Gasteiger partial charge in [-0.3, -0.25) is 0 Å². The smallest absolute Gasteiger partial charge is 0.407 e. The molecule has 31 heavy (non-hydrogen) atoms. The predicted octanol–water partition coefficient (Wildman–Crippen LogP) is 5.09. The van der Waals surface area contributed by atoms with Crippen LogP contribution in [-0.4, -0.2) is 53.0 Å². The fraction of sp³-hybridized carbons (Fsp3) is 0.684. The Labute approximate surface area is 201 Å². The summed E-state index contributed by atoms with van der Waals surface area (Å²) in [4.78, 5) is 27.9. The highest BCUT2D eigenvalue weighted by molar-refractivity contribution is 8.06. The molecule has 8 nitrogen and oxygen atoms in total. The van der Waals surface area contributed by atoms with Crippen LogP contribution in [0.4, 0.5) is 9.59 Å². The van der Waals surface area contributed by atoms with Crippen molar-refractivity contribution in [1.82, 2.24) is 15.6 Å². The lowest BCUT2D eigenvalue weighted by Crippen LogP contribution is -2.33. The molecule has 0 aliphatic rings. The van der Waals surface area contributed by atoms with Crippen LogP contribution in [0.5, 0.6) is 0 Å². The third-order valence-electron chi connectivity index (χ3n) is 2.93. The Morgan fingerprint density at radius 2 is 1.58 bits per heavy atom. The van der Waals surface area contributed by atoms with Gasteiger partial charge in [0.05, 0.1) is 9.90 Å². The van der Waals surface area contributed by atoms with E-state index in [9.17, 15) is 9.59 Å². The molecule has 1 aromatic rings. The maximum absolute atomic E-state index is 11.7. The van der Waals surface area contributed by atoms with Crippen molar-refractivity contribution in [3.05, 3.63) is 5.69 Å². The van der Waals surface area contributed by atoms with Crippen LogP contribution in [-0.2, 0) is 15.2 Å².